The van der Waals surface area contributed by atoms with Gasteiger partial charge < -0.3 is 15.4 Å². The molecule has 0 bridgehead atoms. The van der Waals surface area contributed by atoms with E-state index in [0.717, 1.165) is 24.6 Å². The molecule has 6 heteroatoms. The largest absolute Gasteiger partial charge is 0.465 e. The second-order valence-corrected chi connectivity index (χ2v) is 5.21. The number of nitrogens with two attached hydrogens (primary N) is 1. The van der Waals surface area contributed by atoms with E-state index in [0.29, 0.717) is 5.69 Å². The van der Waals surface area contributed by atoms with Gasteiger partial charge in [-0.1, -0.05) is 0 Å². The molecular formula is C12H15FN2O2S. The number of halogens is 1. The molecule has 1 aromatic carbocycles. The van der Waals surface area contributed by atoms with Gasteiger partial charge in [-0.3, -0.25) is 0 Å². The van der Waals surface area contributed by atoms with Crippen LogP contribution in [0.15, 0.2) is 12.1 Å². The molecular weight excluding hydrogens is 255 g/mol. The van der Waals surface area contributed by atoms with E-state index >= 15 is 0 Å². The van der Waals surface area contributed by atoms with Crippen LogP contribution in [0.5, 0.6) is 0 Å². The van der Waals surface area contributed by atoms with E-state index < -0.39 is 11.8 Å². The molecule has 0 amide bonds. The quantitative estimate of drug-likeness (QED) is 0.655. The first-order valence-corrected chi connectivity index (χ1v) is 6.79. The number of hydrogen-bond acceptors (Lipinski definition) is 5. The van der Waals surface area contributed by atoms with E-state index in [1.807, 2.05) is 16.7 Å². The van der Waals surface area contributed by atoms with E-state index in [9.17, 15) is 9.18 Å². The van der Waals surface area contributed by atoms with Crippen molar-refractivity contribution in [3.8, 4) is 0 Å². The number of ether oxygens (including phenoxy) is 1. The van der Waals surface area contributed by atoms with Crippen LogP contribution in [0.25, 0.3) is 0 Å². The molecule has 1 aliphatic heterocycles. The fourth-order valence-electron chi connectivity index (χ4n) is 1.91. The molecule has 1 aliphatic rings. The molecule has 0 atom stereocenters. The summed E-state index contributed by atoms with van der Waals surface area (Å²) in [4.78, 5) is 13.5. The summed E-state index contributed by atoms with van der Waals surface area (Å²) in [6.07, 6.45) is 0. The van der Waals surface area contributed by atoms with Crippen molar-refractivity contribution in [3.05, 3.63) is 23.5 Å². The number of esters is 1. The van der Waals surface area contributed by atoms with Crippen molar-refractivity contribution >= 4 is 29.1 Å². The molecule has 1 fully saturated rings. The van der Waals surface area contributed by atoms with Crippen LogP contribution < -0.4 is 10.6 Å². The fraction of sp³-hybridized carbons (Fsp3) is 0.417. The summed E-state index contributed by atoms with van der Waals surface area (Å²) in [7, 11) is 1.28. The van der Waals surface area contributed by atoms with Gasteiger partial charge in [0.1, 0.15) is 5.82 Å². The lowest BCUT2D eigenvalue weighted by atomic mass is 10.1. The molecule has 0 radical (unpaired) electrons. The van der Waals surface area contributed by atoms with Gasteiger partial charge in [-0.05, 0) is 12.1 Å². The molecule has 4 nitrogen and oxygen atoms in total. The van der Waals surface area contributed by atoms with Crippen LogP contribution in [0, 0.1) is 5.82 Å². The first-order chi connectivity index (χ1) is 8.63. The normalized spacial score (nSPS) is 15.6. The van der Waals surface area contributed by atoms with E-state index in [-0.39, 0.29) is 11.3 Å². The Balaban J connectivity index is 2.37. The smallest absolute Gasteiger partial charge is 0.340 e. The highest BCUT2D eigenvalue weighted by Gasteiger charge is 2.19. The number of benzene rings is 1. The van der Waals surface area contributed by atoms with Crippen LogP contribution in [0.3, 0.4) is 0 Å². The second kappa shape index (κ2) is 5.48. The zero-order valence-corrected chi connectivity index (χ0v) is 10.9. The monoisotopic (exact) mass is 270 g/mol. The van der Waals surface area contributed by atoms with Crippen molar-refractivity contribution in [1.82, 2.24) is 0 Å². The minimum absolute atomic E-state index is 0.106. The first kappa shape index (κ1) is 13.0. The summed E-state index contributed by atoms with van der Waals surface area (Å²) in [5.74, 6) is 0.974. The number of nitrogens with zero attached hydrogens (tertiary/aromatic N) is 1. The maximum absolute atomic E-state index is 13.9. The number of carbonyl (C=O) groups excluding carboxylic acids is 1. The van der Waals surface area contributed by atoms with E-state index in [2.05, 4.69) is 4.74 Å². The van der Waals surface area contributed by atoms with Gasteiger partial charge in [-0.25, -0.2) is 9.18 Å². The van der Waals surface area contributed by atoms with Gasteiger partial charge in [-0.2, -0.15) is 11.8 Å². The minimum atomic E-state index is -0.542. The van der Waals surface area contributed by atoms with Crippen LogP contribution >= 0.6 is 11.8 Å². The van der Waals surface area contributed by atoms with Gasteiger partial charge in [0.15, 0.2) is 0 Å². The molecule has 98 valence electrons. The van der Waals surface area contributed by atoms with Crippen molar-refractivity contribution in [2.45, 2.75) is 0 Å². The van der Waals surface area contributed by atoms with Gasteiger partial charge in [0.25, 0.3) is 0 Å². The van der Waals surface area contributed by atoms with Crippen molar-refractivity contribution in [1.29, 1.82) is 0 Å². The average molecular weight is 270 g/mol. The Hall–Kier alpha value is -1.43. The lowest BCUT2D eigenvalue weighted by Gasteiger charge is -2.29. The average Bonchev–Trinajstić information content (AvgIpc) is 2.39. The molecule has 2 N–H and O–H groups in total. The maximum atomic E-state index is 13.9. The summed E-state index contributed by atoms with van der Waals surface area (Å²) in [5, 5.41) is 0. The summed E-state index contributed by atoms with van der Waals surface area (Å²) in [6, 6.07) is 2.66. The van der Waals surface area contributed by atoms with Crippen molar-refractivity contribution < 1.29 is 13.9 Å². The van der Waals surface area contributed by atoms with Crippen LogP contribution in [0.4, 0.5) is 15.8 Å². The highest BCUT2D eigenvalue weighted by molar-refractivity contribution is 7.99. The maximum Gasteiger partial charge on any atom is 0.340 e. The predicted molar refractivity (Wildman–Crippen MR) is 71.7 cm³/mol. The molecule has 0 unspecified atom stereocenters. The third-order valence-corrected chi connectivity index (χ3v) is 3.82. The summed E-state index contributed by atoms with van der Waals surface area (Å²) >= 11 is 1.84. The van der Waals surface area contributed by atoms with Gasteiger partial charge >= 0.3 is 5.97 Å². The number of hydrogen-bond donors (Lipinski definition) is 1. The Morgan fingerprint density at radius 1 is 1.44 bits per heavy atom. The number of thioether (sulfide) groups is 1. The highest BCUT2D eigenvalue weighted by Crippen LogP contribution is 2.27. The number of methoxy groups -OCH3 is 1. The molecule has 0 saturated carbocycles. The zero-order chi connectivity index (χ0) is 13.1. The Morgan fingerprint density at radius 3 is 2.72 bits per heavy atom. The van der Waals surface area contributed by atoms with E-state index in [1.54, 1.807) is 0 Å². The minimum Gasteiger partial charge on any atom is -0.465 e. The fourth-order valence-corrected chi connectivity index (χ4v) is 2.81. The molecule has 0 aliphatic carbocycles. The molecule has 1 heterocycles. The van der Waals surface area contributed by atoms with E-state index in [1.165, 1.54) is 19.2 Å². The van der Waals surface area contributed by atoms with Crippen molar-refractivity contribution in [2.24, 2.45) is 0 Å². The molecule has 18 heavy (non-hydrogen) atoms. The number of nitrogen functional groups attached to an aromatic ring is 1. The molecule has 0 spiro atoms. The van der Waals surface area contributed by atoms with Gasteiger partial charge in [0.2, 0.25) is 0 Å². The second-order valence-electron chi connectivity index (χ2n) is 3.98. The number of rotatable bonds is 2. The number of anilines is 2. The first-order valence-electron chi connectivity index (χ1n) is 5.63. The summed E-state index contributed by atoms with van der Waals surface area (Å²) in [6.45, 7) is 1.54. The predicted octanol–water partition coefficient (Wildman–Crippen LogP) is 1.75. The summed E-state index contributed by atoms with van der Waals surface area (Å²) in [5.41, 5.74) is 6.37. The van der Waals surface area contributed by atoms with Crippen LogP contribution in [0.2, 0.25) is 0 Å². The topological polar surface area (TPSA) is 55.6 Å². The zero-order valence-electron chi connectivity index (χ0n) is 10.1. The van der Waals surface area contributed by atoms with Gasteiger partial charge in [0.05, 0.1) is 18.4 Å². The molecule has 1 aromatic rings. The third kappa shape index (κ3) is 2.53. The third-order valence-electron chi connectivity index (χ3n) is 2.88. The molecule has 0 aromatic heterocycles. The molecule has 1 saturated heterocycles. The van der Waals surface area contributed by atoms with Crippen LogP contribution in [-0.4, -0.2) is 37.7 Å². The van der Waals surface area contributed by atoms with Crippen LogP contribution in [-0.2, 0) is 4.74 Å². The Bertz CT molecular complexity index is 462. The Labute approximate surface area is 109 Å². The Kier molecular flexibility index (Phi) is 3.96. The van der Waals surface area contributed by atoms with Gasteiger partial charge in [-0.15, -0.1) is 0 Å². The van der Waals surface area contributed by atoms with Crippen molar-refractivity contribution in [3.63, 3.8) is 0 Å². The van der Waals surface area contributed by atoms with Crippen molar-refractivity contribution in [2.75, 3.05) is 42.3 Å². The number of carbonyl (C=O) groups is 1. The lowest BCUT2D eigenvalue weighted by molar-refractivity contribution is 0.0602. The SMILES string of the molecule is COC(=O)c1cc(N2CCSCC2)c(F)cc1N. The van der Waals surface area contributed by atoms with Gasteiger partial charge in [0, 0.05) is 30.3 Å². The Morgan fingerprint density at radius 2 is 2.11 bits per heavy atom. The van der Waals surface area contributed by atoms with Crippen LogP contribution in [0.1, 0.15) is 10.4 Å². The summed E-state index contributed by atoms with van der Waals surface area (Å²) < 4.78 is 18.5. The molecule has 2 rings (SSSR count). The van der Waals surface area contributed by atoms with E-state index in [4.69, 9.17) is 5.73 Å². The lowest BCUT2D eigenvalue weighted by Crippen LogP contribution is -2.33. The highest BCUT2D eigenvalue weighted by atomic mass is 32.2. The standard InChI is InChI=1S/C12H15FN2O2S/c1-17-12(16)8-6-11(9(13)7-10(8)14)15-2-4-18-5-3-15/h6-7H,2-5,14H2,1H3.